The highest BCUT2D eigenvalue weighted by molar-refractivity contribution is 5.86. The first-order chi connectivity index (χ1) is 16.7. The summed E-state index contributed by atoms with van der Waals surface area (Å²) in [6.07, 6.45) is 2.24. The standard InChI is InChI=1S/C26H33N3O6/c1-26(2,3)35-25(32)29(22-8-5-6-11-27-22)12-7-13-34-21-10-9-18-14-19(16-23(30)33-4)24(31)28-17-20(18)15-21/h5-6,8-11,15,19H,7,12-14,16-17H2,1-4H3,(H,28,31). The molecule has 0 aliphatic carbocycles. The summed E-state index contributed by atoms with van der Waals surface area (Å²) >= 11 is 0. The second-order valence-electron chi connectivity index (χ2n) is 9.35. The summed E-state index contributed by atoms with van der Waals surface area (Å²) in [4.78, 5) is 42.5. The van der Waals surface area contributed by atoms with Gasteiger partial charge in [-0.05, 0) is 69.0 Å². The van der Waals surface area contributed by atoms with Crippen LogP contribution in [-0.4, -0.2) is 48.8 Å². The van der Waals surface area contributed by atoms with Crippen LogP contribution in [0.4, 0.5) is 10.6 Å². The summed E-state index contributed by atoms with van der Waals surface area (Å²) in [5.41, 5.74) is 1.33. The average Bonchev–Trinajstić information content (AvgIpc) is 2.96. The van der Waals surface area contributed by atoms with Crippen LogP contribution in [0.3, 0.4) is 0 Å². The van der Waals surface area contributed by atoms with Gasteiger partial charge in [-0.15, -0.1) is 0 Å². The van der Waals surface area contributed by atoms with Crippen LogP contribution >= 0.6 is 0 Å². The Morgan fingerprint density at radius 3 is 2.66 bits per heavy atom. The maximum absolute atomic E-state index is 12.7. The first kappa shape index (κ1) is 26.0. The van der Waals surface area contributed by atoms with Crippen molar-refractivity contribution in [1.82, 2.24) is 10.3 Å². The normalized spacial score (nSPS) is 15.3. The zero-order valence-electron chi connectivity index (χ0n) is 20.7. The van der Waals surface area contributed by atoms with Gasteiger partial charge in [0.1, 0.15) is 17.2 Å². The van der Waals surface area contributed by atoms with Crippen molar-refractivity contribution in [3.8, 4) is 5.75 Å². The number of carbonyl (C=O) groups excluding carboxylic acids is 3. The lowest BCUT2D eigenvalue weighted by Gasteiger charge is -2.26. The Morgan fingerprint density at radius 2 is 1.97 bits per heavy atom. The number of ether oxygens (including phenoxy) is 3. The monoisotopic (exact) mass is 483 g/mol. The second-order valence-corrected chi connectivity index (χ2v) is 9.35. The summed E-state index contributed by atoms with van der Waals surface area (Å²) < 4.78 is 16.2. The fourth-order valence-electron chi connectivity index (χ4n) is 3.73. The summed E-state index contributed by atoms with van der Waals surface area (Å²) in [6.45, 7) is 6.59. The molecule has 9 nitrogen and oxygen atoms in total. The highest BCUT2D eigenvalue weighted by Crippen LogP contribution is 2.25. The number of anilines is 1. The third kappa shape index (κ3) is 7.70. The molecule has 188 valence electrons. The van der Waals surface area contributed by atoms with Gasteiger partial charge in [0.05, 0.1) is 26.1 Å². The number of esters is 1. The van der Waals surface area contributed by atoms with E-state index in [0.717, 1.165) is 11.1 Å². The Labute approximate surface area is 205 Å². The quantitative estimate of drug-likeness (QED) is 0.451. The first-order valence-electron chi connectivity index (χ1n) is 11.7. The van der Waals surface area contributed by atoms with E-state index in [1.807, 2.05) is 45.0 Å². The molecule has 1 aromatic carbocycles. The van der Waals surface area contributed by atoms with Crippen molar-refractivity contribution in [2.24, 2.45) is 5.92 Å². The van der Waals surface area contributed by atoms with Crippen molar-refractivity contribution in [1.29, 1.82) is 0 Å². The average molecular weight is 484 g/mol. The van der Waals surface area contributed by atoms with Gasteiger partial charge in [-0.2, -0.15) is 0 Å². The van der Waals surface area contributed by atoms with Crippen LogP contribution in [0, 0.1) is 5.92 Å². The van der Waals surface area contributed by atoms with E-state index in [1.54, 1.807) is 18.3 Å². The molecule has 0 spiro atoms. The predicted molar refractivity (Wildman–Crippen MR) is 130 cm³/mol. The van der Waals surface area contributed by atoms with Gasteiger partial charge in [0, 0.05) is 19.3 Å². The number of hydrogen-bond acceptors (Lipinski definition) is 7. The molecule has 0 bridgehead atoms. The van der Waals surface area contributed by atoms with Gasteiger partial charge in [0.2, 0.25) is 5.91 Å². The number of amides is 2. The number of fused-ring (bicyclic) bond motifs is 1. The maximum Gasteiger partial charge on any atom is 0.416 e. The van der Waals surface area contributed by atoms with Crippen molar-refractivity contribution in [3.05, 3.63) is 53.7 Å². The van der Waals surface area contributed by atoms with E-state index in [2.05, 4.69) is 10.3 Å². The van der Waals surface area contributed by atoms with Gasteiger partial charge >= 0.3 is 12.1 Å². The van der Waals surface area contributed by atoms with Crippen LogP contribution in [0.2, 0.25) is 0 Å². The number of hydrogen-bond donors (Lipinski definition) is 1. The summed E-state index contributed by atoms with van der Waals surface area (Å²) in [7, 11) is 1.32. The van der Waals surface area contributed by atoms with Crippen molar-refractivity contribution >= 4 is 23.8 Å². The lowest BCUT2D eigenvalue weighted by molar-refractivity contribution is -0.144. The van der Waals surface area contributed by atoms with E-state index in [-0.39, 0.29) is 12.3 Å². The number of rotatable bonds is 8. The first-order valence-corrected chi connectivity index (χ1v) is 11.7. The van der Waals surface area contributed by atoms with E-state index in [4.69, 9.17) is 14.2 Å². The minimum absolute atomic E-state index is 0.0461. The number of nitrogens with zero attached hydrogens (tertiary/aromatic N) is 2. The van der Waals surface area contributed by atoms with E-state index in [9.17, 15) is 14.4 Å². The Bertz CT molecular complexity index is 1040. The summed E-state index contributed by atoms with van der Waals surface area (Å²) in [5, 5.41) is 2.87. The van der Waals surface area contributed by atoms with Gasteiger partial charge in [0.15, 0.2) is 0 Å². The molecule has 2 heterocycles. The van der Waals surface area contributed by atoms with Crippen LogP contribution < -0.4 is 15.0 Å². The number of benzene rings is 1. The topological polar surface area (TPSA) is 107 Å². The molecule has 0 fully saturated rings. The van der Waals surface area contributed by atoms with Gasteiger partial charge < -0.3 is 19.5 Å². The molecule has 0 radical (unpaired) electrons. The van der Waals surface area contributed by atoms with Gasteiger partial charge in [-0.3, -0.25) is 14.5 Å². The molecule has 1 aliphatic rings. The molecule has 9 heteroatoms. The fraction of sp³-hybridized carbons (Fsp3) is 0.462. The smallest absolute Gasteiger partial charge is 0.416 e. The predicted octanol–water partition coefficient (Wildman–Crippen LogP) is 3.64. The molecule has 3 rings (SSSR count). The van der Waals surface area contributed by atoms with E-state index < -0.39 is 23.6 Å². The lowest BCUT2D eigenvalue weighted by Crippen LogP contribution is -2.38. The molecule has 1 N–H and O–H groups in total. The fourth-order valence-corrected chi connectivity index (χ4v) is 3.73. The third-order valence-corrected chi connectivity index (χ3v) is 5.44. The van der Waals surface area contributed by atoms with Crippen LogP contribution in [-0.2, 0) is 32.0 Å². The molecule has 2 aromatic rings. The van der Waals surface area contributed by atoms with E-state index in [1.165, 1.54) is 12.0 Å². The molecule has 35 heavy (non-hydrogen) atoms. The number of methoxy groups -OCH3 is 1. The molecule has 1 aromatic heterocycles. The molecular formula is C26H33N3O6. The molecule has 1 unspecified atom stereocenters. The minimum Gasteiger partial charge on any atom is -0.494 e. The molecule has 2 amide bonds. The van der Waals surface area contributed by atoms with Crippen LogP contribution in [0.5, 0.6) is 5.75 Å². The summed E-state index contributed by atoms with van der Waals surface area (Å²) in [6, 6.07) is 11.1. The lowest BCUT2D eigenvalue weighted by atomic mass is 9.94. The largest absolute Gasteiger partial charge is 0.494 e. The molecule has 1 atom stereocenters. The number of carbonyl (C=O) groups is 3. The van der Waals surface area contributed by atoms with Crippen molar-refractivity contribution in [2.45, 2.75) is 52.2 Å². The van der Waals surface area contributed by atoms with Gasteiger partial charge in [-0.25, -0.2) is 9.78 Å². The molecular weight excluding hydrogens is 450 g/mol. The molecule has 0 saturated carbocycles. The van der Waals surface area contributed by atoms with Crippen molar-refractivity contribution in [2.75, 3.05) is 25.2 Å². The number of pyridine rings is 1. The van der Waals surface area contributed by atoms with Crippen LogP contribution in [0.15, 0.2) is 42.6 Å². The van der Waals surface area contributed by atoms with Crippen LogP contribution in [0.1, 0.15) is 44.7 Å². The number of aromatic nitrogens is 1. The Kier molecular flexibility index (Phi) is 8.68. The van der Waals surface area contributed by atoms with Gasteiger partial charge in [0.25, 0.3) is 0 Å². The zero-order valence-corrected chi connectivity index (χ0v) is 20.7. The second kappa shape index (κ2) is 11.7. The Morgan fingerprint density at radius 1 is 1.17 bits per heavy atom. The highest BCUT2D eigenvalue weighted by atomic mass is 16.6. The zero-order chi connectivity index (χ0) is 25.4. The SMILES string of the molecule is COC(=O)CC1Cc2ccc(OCCCN(C(=O)OC(C)(C)C)c3ccccn3)cc2CNC1=O. The molecule has 1 aliphatic heterocycles. The van der Waals surface area contributed by atoms with Crippen molar-refractivity contribution in [3.63, 3.8) is 0 Å². The Balaban J connectivity index is 1.59. The third-order valence-electron chi connectivity index (χ3n) is 5.44. The van der Waals surface area contributed by atoms with E-state index >= 15 is 0 Å². The maximum atomic E-state index is 12.7. The van der Waals surface area contributed by atoms with Crippen LogP contribution in [0.25, 0.3) is 0 Å². The Hall–Kier alpha value is -3.62. The summed E-state index contributed by atoms with van der Waals surface area (Å²) in [5.74, 6) is 0.168. The minimum atomic E-state index is -0.617. The van der Waals surface area contributed by atoms with Crippen molar-refractivity contribution < 1.29 is 28.6 Å². The highest BCUT2D eigenvalue weighted by Gasteiger charge is 2.27. The van der Waals surface area contributed by atoms with E-state index in [0.29, 0.717) is 44.1 Å². The van der Waals surface area contributed by atoms with Gasteiger partial charge in [-0.1, -0.05) is 12.1 Å². The molecule has 0 saturated heterocycles. The number of nitrogens with one attached hydrogen (secondary N) is 1.